The Balaban J connectivity index is 2.43. The summed E-state index contributed by atoms with van der Waals surface area (Å²) in [4.78, 5) is 0. The molecule has 0 saturated carbocycles. The second kappa shape index (κ2) is 1.86. The summed E-state index contributed by atoms with van der Waals surface area (Å²) in [5.41, 5.74) is 7.13. The highest BCUT2D eigenvalue weighted by atomic mass is 16.3. The molecule has 2 N–H and O–H groups in total. The Bertz CT molecular complexity index is 241. The Morgan fingerprint density at radius 1 is 1.70 bits per heavy atom. The smallest absolute Gasteiger partial charge is 0.123 e. The Labute approximate surface area is 60.0 Å². The van der Waals surface area contributed by atoms with Crippen LogP contribution >= 0.6 is 0 Å². The van der Waals surface area contributed by atoms with Gasteiger partial charge < -0.3 is 10.2 Å². The lowest BCUT2D eigenvalue weighted by molar-refractivity contribution is 0.419. The summed E-state index contributed by atoms with van der Waals surface area (Å²) in [5.74, 6) is 1.54. The first kappa shape index (κ1) is 5.98. The van der Waals surface area contributed by atoms with E-state index in [1.807, 2.05) is 6.07 Å². The van der Waals surface area contributed by atoms with E-state index >= 15 is 0 Å². The average Bonchev–Trinajstić information content (AvgIpc) is 2.41. The molecule has 1 aromatic rings. The van der Waals surface area contributed by atoms with Gasteiger partial charge in [0.05, 0.1) is 12.3 Å². The van der Waals surface area contributed by atoms with Crippen molar-refractivity contribution in [3.05, 3.63) is 23.7 Å². The zero-order chi connectivity index (χ0) is 7.14. The first-order valence-electron chi connectivity index (χ1n) is 3.61. The minimum Gasteiger partial charge on any atom is -0.467 e. The van der Waals surface area contributed by atoms with Crippen LogP contribution in [0.5, 0.6) is 0 Å². The number of furan rings is 1. The van der Waals surface area contributed by atoms with Gasteiger partial charge in [0.25, 0.3) is 0 Å². The van der Waals surface area contributed by atoms with Gasteiger partial charge in [-0.05, 0) is 24.0 Å². The molecule has 2 rings (SSSR count). The van der Waals surface area contributed by atoms with Crippen molar-refractivity contribution in [1.29, 1.82) is 0 Å². The third-order valence-electron chi connectivity index (χ3n) is 2.24. The predicted molar refractivity (Wildman–Crippen MR) is 38.5 cm³/mol. The molecular weight excluding hydrogens is 126 g/mol. The highest BCUT2D eigenvalue weighted by Gasteiger charge is 2.28. The van der Waals surface area contributed by atoms with E-state index in [0.29, 0.717) is 5.92 Å². The van der Waals surface area contributed by atoms with Crippen molar-refractivity contribution in [2.45, 2.75) is 19.4 Å². The lowest BCUT2D eigenvalue weighted by Crippen LogP contribution is -2.13. The molecule has 0 aromatic carbocycles. The van der Waals surface area contributed by atoms with Gasteiger partial charge in [0, 0.05) is 0 Å². The third kappa shape index (κ3) is 0.625. The molecule has 0 saturated heterocycles. The fourth-order valence-electron chi connectivity index (χ4n) is 1.54. The van der Waals surface area contributed by atoms with Gasteiger partial charge >= 0.3 is 0 Å². The second-order valence-corrected chi connectivity index (χ2v) is 3.02. The maximum absolute atomic E-state index is 5.84. The summed E-state index contributed by atoms with van der Waals surface area (Å²) in [6.45, 7) is 2.15. The van der Waals surface area contributed by atoms with E-state index in [4.69, 9.17) is 10.2 Å². The highest BCUT2D eigenvalue weighted by Crippen LogP contribution is 2.34. The lowest BCUT2D eigenvalue weighted by Gasteiger charge is -2.06. The van der Waals surface area contributed by atoms with Crippen LogP contribution in [-0.2, 0) is 6.42 Å². The molecule has 0 amide bonds. The molecule has 1 aliphatic rings. The molecule has 1 aliphatic carbocycles. The molecule has 0 fully saturated rings. The fourth-order valence-corrected chi connectivity index (χ4v) is 1.54. The molecule has 0 spiro atoms. The second-order valence-electron chi connectivity index (χ2n) is 3.02. The van der Waals surface area contributed by atoms with Crippen molar-refractivity contribution in [1.82, 2.24) is 0 Å². The molecule has 0 radical (unpaired) electrons. The number of hydrogen-bond acceptors (Lipinski definition) is 2. The van der Waals surface area contributed by atoms with E-state index in [2.05, 4.69) is 6.92 Å². The van der Waals surface area contributed by atoms with Gasteiger partial charge in [0.15, 0.2) is 0 Å². The van der Waals surface area contributed by atoms with Crippen LogP contribution in [0.15, 0.2) is 16.7 Å². The highest BCUT2D eigenvalue weighted by molar-refractivity contribution is 5.26. The van der Waals surface area contributed by atoms with E-state index < -0.39 is 0 Å². The molecule has 10 heavy (non-hydrogen) atoms. The monoisotopic (exact) mass is 137 g/mol. The van der Waals surface area contributed by atoms with Crippen LogP contribution in [-0.4, -0.2) is 0 Å². The first-order chi connectivity index (χ1) is 4.79. The standard InChI is InChI=1S/C8H11NO/c1-5-4-6-2-3-10-8(6)7(5)9/h2-3,5,7H,4,9H2,1H3. The zero-order valence-electron chi connectivity index (χ0n) is 6.00. The number of hydrogen-bond donors (Lipinski definition) is 1. The lowest BCUT2D eigenvalue weighted by atomic mass is 10.1. The summed E-state index contributed by atoms with van der Waals surface area (Å²) in [5, 5.41) is 0. The van der Waals surface area contributed by atoms with Gasteiger partial charge in [-0.15, -0.1) is 0 Å². The Hall–Kier alpha value is -0.760. The normalized spacial score (nSPS) is 30.6. The molecule has 0 bridgehead atoms. The molecule has 54 valence electrons. The van der Waals surface area contributed by atoms with Crippen molar-refractivity contribution < 1.29 is 4.42 Å². The van der Waals surface area contributed by atoms with E-state index in [0.717, 1.165) is 12.2 Å². The van der Waals surface area contributed by atoms with Crippen molar-refractivity contribution in [2.75, 3.05) is 0 Å². The predicted octanol–water partition coefficient (Wildman–Crippen LogP) is 1.47. The van der Waals surface area contributed by atoms with Crippen molar-refractivity contribution >= 4 is 0 Å². The third-order valence-corrected chi connectivity index (χ3v) is 2.24. The van der Waals surface area contributed by atoms with Gasteiger partial charge in [-0.1, -0.05) is 6.92 Å². The Kier molecular flexibility index (Phi) is 1.11. The largest absolute Gasteiger partial charge is 0.467 e. The van der Waals surface area contributed by atoms with Crippen molar-refractivity contribution in [3.63, 3.8) is 0 Å². The van der Waals surface area contributed by atoms with Gasteiger partial charge in [-0.2, -0.15) is 0 Å². The fraction of sp³-hybridized carbons (Fsp3) is 0.500. The molecule has 2 unspecified atom stereocenters. The van der Waals surface area contributed by atoms with Crippen molar-refractivity contribution in [2.24, 2.45) is 11.7 Å². The Morgan fingerprint density at radius 2 is 2.50 bits per heavy atom. The van der Waals surface area contributed by atoms with Crippen LogP contribution in [0.3, 0.4) is 0 Å². The van der Waals surface area contributed by atoms with Gasteiger partial charge in [-0.3, -0.25) is 0 Å². The number of rotatable bonds is 0. The molecule has 1 heterocycles. The van der Waals surface area contributed by atoms with E-state index in [9.17, 15) is 0 Å². The van der Waals surface area contributed by atoms with Gasteiger partial charge in [0.2, 0.25) is 0 Å². The molecule has 0 aliphatic heterocycles. The van der Waals surface area contributed by atoms with E-state index in [-0.39, 0.29) is 6.04 Å². The topological polar surface area (TPSA) is 39.2 Å². The summed E-state index contributed by atoms with van der Waals surface area (Å²) < 4.78 is 5.23. The minimum absolute atomic E-state index is 0.130. The molecule has 2 nitrogen and oxygen atoms in total. The first-order valence-corrected chi connectivity index (χ1v) is 3.61. The van der Waals surface area contributed by atoms with E-state index in [1.165, 1.54) is 5.56 Å². The zero-order valence-corrected chi connectivity index (χ0v) is 6.00. The maximum Gasteiger partial charge on any atom is 0.123 e. The maximum atomic E-state index is 5.84. The number of fused-ring (bicyclic) bond motifs is 1. The van der Waals surface area contributed by atoms with Crippen LogP contribution < -0.4 is 5.73 Å². The van der Waals surface area contributed by atoms with Crippen LogP contribution in [0, 0.1) is 5.92 Å². The van der Waals surface area contributed by atoms with Gasteiger partial charge in [0.1, 0.15) is 5.76 Å². The summed E-state index contributed by atoms with van der Waals surface area (Å²) in [6, 6.07) is 2.14. The summed E-state index contributed by atoms with van der Waals surface area (Å²) in [7, 11) is 0. The quantitative estimate of drug-likeness (QED) is 0.588. The van der Waals surface area contributed by atoms with E-state index in [1.54, 1.807) is 6.26 Å². The summed E-state index contributed by atoms with van der Waals surface area (Å²) in [6.07, 6.45) is 2.80. The average molecular weight is 137 g/mol. The van der Waals surface area contributed by atoms with Crippen LogP contribution in [0.4, 0.5) is 0 Å². The van der Waals surface area contributed by atoms with Crippen molar-refractivity contribution in [3.8, 4) is 0 Å². The molecule has 2 heteroatoms. The molecule has 1 aromatic heterocycles. The van der Waals surface area contributed by atoms with Gasteiger partial charge in [-0.25, -0.2) is 0 Å². The van der Waals surface area contributed by atoms with Crippen LogP contribution in [0.1, 0.15) is 24.3 Å². The van der Waals surface area contributed by atoms with Crippen LogP contribution in [0.2, 0.25) is 0 Å². The molecule has 2 atom stereocenters. The SMILES string of the molecule is CC1Cc2ccoc2C1N. The van der Waals surface area contributed by atoms with Crippen LogP contribution in [0.25, 0.3) is 0 Å². The number of nitrogens with two attached hydrogens (primary N) is 1. The molecular formula is C8H11NO. The minimum atomic E-state index is 0.130. The Morgan fingerprint density at radius 3 is 3.20 bits per heavy atom. The summed E-state index contributed by atoms with van der Waals surface area (Å²) >= 11 is 0.